The van der Waals surface area contributed by atoms with Gasteiger partial charge in [0.25, 0.3) is 0 Å². The van der Waals surface area contributed by atoms with Gasteiger partial charge in [0.2, 0.25) is 0 Å². The zero-order valence-electron chi connectivity index (χ0n) is 13.2. The van der Waals surface area contributed by atoms with Crippen molar-refractivity contribution in [3.05, 3.63) is 24.3 Å². The maximum atomic E-state index is 11.8. The van der Waals surface area contributed by atoms with E-state index in [9.17, 15) is 4.79 Å². The summed E-state index contributed by atoms with van der Waals surface area (Å²) < 4.78 is 5.25. The fourth-order valence-electron chi connectivity index (χ4n) is 2.63. The van der Waals surface area contributed by atoms with Crippen LogP contribution in [0.5, 0.6) is 0 Å². The van der Waals surface area contributed by atoms with E-state index in [1.807, 2.05) is 26.8 Å². The van der Waals surface area contributed by atoms with Gasteiger partial charge in [-0.15, -0.1) is 0 Å². The fraction of sp³-hybridized carbons (Fsp3) is 0.667. The Morgan fingerprint density at radius 1 is 1.45 bits per heavy atom. The molecule has 0 saturated heterocycles. The van der Waals surface area contributed by atoms with Crippen molar-refractivity contribution in [2.24, 2.45) is 11.1 Å². The molecular weight excluding hydrogens is 254 g/mol. The third kappa shape index (κ3) is 3.22. The minimum atomic E-state index is -0.503. The zero-order chi connectivity index (χ0) is 15.6. The lowest BCUT2D eigenvalue weighted by Crippen LogP contribution is -2.49. The molecule has 1 amide bonds. The molecule has 1 aliphatic rings. The van der Waals surface area contributed by atoms with Crippen molar-refractivity contribution < 1.29 is 9.53 Å². The summed E-state index contributed by atoms with van der Waals surface area (Å²) in [5.41, 5.74) is 5.91. The smallest absolute Gasteiger partial charge is 0.407 e. The molecule has 0 aromatic carbocycles. The Morgan fingerprint density at radius 3 is 2.50 bits per heavy atom. The zero-order valence-corrected chi connectivity index (χ0v) is 13.2. The molecule has 0 aromatic heterocycles. The average Bonchev–Trinajstić information content (AvgIpc) is 2.72. The first kappa shape index (κ1) is 16.7. The molecule has 1 atom stereocenters. The van der Waals surface area contributed by atoms with E-state index in [1.165, 1.54) is 5.57 Å². The third-order valence-electron chi connectivity index (χ3n) is 3.72. The molecule has 0 aromatic rings. The van der Waals surface area contributed by atoms with Gasteiger partial charge >= 0.3 is 6.09 Å². The summed E-state index contributed by atoms with van der Waals surface area (Å²) in [6.07, 6.45) is 3.31. The van der Waals surface area contributed by atoms with Gasteiger partial charge in [0.1, 0.15) is 5.60 Å². The lowest BCUT2D eigenvalue weighted by molar-refractivity contribution is 0.0518. The molecule has 0 spiro atoms. The Morgan fingerprint density at radius 2 is 2.05 bits per heavy atom. The Balaban J connectivity index is 2.74. The van der Waals surface area contributed by atoms with Crippen LogP contribution in [0.1, 0.15) is 34.6 Å². The summed E-state index contributed by atoms with van der Waals surface area (Å²) >= 11 is 0. The highest BCUT2D eigenvalue weighted by Crippen LogP contribution is 2.60. The number of nitrogens with two attached hydrogens (primary N) is 1. The summed E-state index contributed by atoms with van der Waals surface area (Å²) in [5.74, 6) is 0. The number of allylic oxidation sites excluding steroid dienone is 2. The molecular formula is C15H27N3O2. The second-order valence-corrected chi connectivity index (χ2v) is 6.58. The van der Waals surface area contributed by atoms with Crippen LogP contribution in [-0.4, -0.2) is 30.4 Å². The molecule has 5 nitrogen and oxygen atoms in total. The van der Waals surface area contributed by atoms with Crippen LogP contribution in [-0.2, 0) is 4.74 Å². The van der Waals surface area contributed by atoms with Gasteiger partial charge in [-0.05, 0) is 26.3 Å². The number of hydrogen-bond acceptors (Lipinski definition) is 4. The molecule has 0 aliphatic heterocycles. The van der Waals surface area contributed by atoms with Crippen molar-refractivity contribution in [1.29, 1.82) is 0 Å². The van der Waals surface area contributed by atoms with E-state index in [-0.39, 0.29) is 11.0 Å². The van der Waals surface area contributed by atoms with Gasteiger partial charge in [-0.1, -0.05) is 32.6 Å². The molecule has 4 N–H and O–H groups in total. The van der Waals surface area contributed by atoms with Gasteiger partial charge in [-0.25, -0.2) is 4.79 Å². The number of amides is 1. The predicted octanol–water partition coefficient (Wildman–Crippen LogP) is 1.91. The maximum Gasteiger partial charge on any atom is 0.407 e. The molecule has 20 heavy (non-hydrogen) atoms. The van der Waals surface area contributed by atoms with E-state index in [2.05, 4.69) is 31.1 Å². The van der Waals surface area contributed by atoms with Crippen molar-refractivity contribution in [3.63, 3.8) is 0 Å². The molecule has 114 valence electrons. The number of hydrogen-bond donors (Lipinski definition) is 3. The molecule has 1 saturated carbocycles. The highest BCUT2D eigenvalue weighted by molar-refractivity contribution is 5.69. The van der Waals surface area contributed by atoms with Gasteiger partial charge in [0, 0.05) is 18.6 Å². The van der Waals surface area contributed by atoms with Crippen LogP contribution >= 0.6 is 0 Å². The highest BCUT2D eigenvalue weighted by Gasteiger charge is 2.65. The van der Waals surface area contributed by atoms with E-state index in [4.69, 9.17) is 10.5 Å². The number of rotatable bonds is 5. The summed E-state index contributed by atoms with van der Waals surface area (Å²) in [5, 5.41) is 6.08. The van der Waals surface area contributed by atoms with Gasteiger partial charge in [0.15, 0.2) is 0 Å². The fourth-order valence-corrected chi connectivity index (χ4v) is 2.63. The molecule has 1 rings (SSSR count). The first-order valence-corrected chi connectivity index (χ1v) is 6.86. The van der Waals surface area contributed by atoms with Crippen LogP contribution in [0.25, 0.3) is 0 Å². The third-order valence-corrected chi connectivity index (χ3v) is 3.72. The first-order valence-electron chi connectivity index (χ1n) is 6.86. The lowest BCUT2D eigenvalue weighted by Gasteiger charge is -2.24. The Bertz CT molecular complexity index is 421. The van der Waals surface area contributed by atoms with E-state index >= 15 is 0 Å². The molecule has 1 fully saturated rings. The molecule has 5 heteroatoms. The van der Waals surface area contributed by atoms with Gasteiger partial charge in [0.05, 0.1) is 5.54 Å². The second kappa shape index (κ2) is 5.58. The van der Waals surface area contributed by atoms with E-state index < -0.39 is 11.7 Å². The van der Waals surface area contributed by atoms with Crippen molar-refractivity contribution in [2.45, 2.75) is 45.8 Å². The Hall–Kier alpha value is -1.33. The number of alkyl carbamates (subject to hydrolysis) is 1. The quantitative estimate of drug-likeness (QED) is 0.673. The van der Waals surface area contributed by atoms with Crippen molar-refractivity contribution in [2.75, 3.05) is 13.2 Å². The normalized spacial score (nSPS) is 26.2. The van der Waals surface area contributed by atoms with Gasteiger partial charge in [-0.3, -0.25) is 5.32 Å². The van der Waals surface area contributed by atoms with E-state index in [1.54, 1.807) is 6.08 Å². The maximum absolute atomic E-state index is 11.8. The van der Waals surface area contributed by atoms with Crippen molar-refractivity contribution in [3.8, 4) is 0 Å². The first-order chi connectivity index (χ1) is 9.10. The van der Waals surface area contributed by atoms with Gasteiger partial charge < -0.3 is 15.8 Å². The van der Waals surface area contributed by atoms with Crippen LogP contribution in [0.15, 0.2) is 24.3 Å². The largest absolute Gasteiger partial charge is 0.444 e. The van der Waals surface area contributed by atoms with Crippen molar-refractivity contribution in [1.82, 2.24) is 10.6 Å². The number of ether oxygens (including phenoxy) is 1. The molecule has 0 bridgehead atoms. The lowest BCUT2D eigenvalue weighted by atomic mass is 10.0. The topological polar surface area (TPSA) is 76.4 Å². The summed E-state index contributed by atoms with van der Waals surface area (Å²) in [7, 11) is 0. The van der Waals surface area contributed by atoms with Crippen molar-refractivity contribution >= 4 is 6.09 Å². The van der Waals surface area contributed by atoms with Crippen LogP contribution in [0.3, 0.4) is 0 Å². The van der Waals surface area contributed by atoms with Crippen LogP contribution < -0.4 is 16.4 Å². The SMILES string of the molecule is C=C/C=C1\C(C)(C)C1(CNC(=O)OC(C)(C)C)NCN. The molecule has 0 heterocycles. The minimum absolute atomic E-state index is 0.0738. The Labute approximate surface area is 121 Å². The average molecular weight is 281 g/mol. The van der Waals surface area contributed by atoms with Crippen LogP contribution in [0.2, 0.25) is 0 Å². The van der Waals surface area contributed by atoms with E-state index in [0.717, 1.165) is 0 Å². The van der Waals surface area contributed by atoms with Crippen LogP contribution in [0, 0.1) is 5.41 Å². The standard InChI is InChI=1S/C15H27N3O2/c1-7-8-11-14(5,6)15(11,18-10-16)9-17-12(19)20-13(2,3)4/h7-8,18H,1,9-10,16H2,2-6H3,(H,17,19)/b11-8+. The predicted molar refractivity (Wildman–Crippen MR) is 81.2 cm³/mol. The minimum Gasteiger partial charge on any atom is -0.444 e. The van der Waals surface area contributed by atoms with Gasteiger partial charge in [-0.2, -0.15) is 0 Å². The molecule has 0 radical (unpaired) electrons. The second-order valence-electron chi connectivity index (χ2n) is 6.58. The summed E-state index contributed by atoms with van der Waals surface area (Å²) in [4.78, 5) is 11.8. The molecule has 1 unspecified atom stereocenters. The number of carbonyl (C=O) groups is 1. The van der Waals surface area contributed by atoms with E-state index in [0.29, 0.717) is 13.2 Å². The number of nitrogens with one attached hydrogen (secondary N) is 2. The summed E-state index contributed by atoms with van der Waals surface area (Å²) in [6.45, 7) is 14.2. The Kier molecular flexibility index (Phi) is 4.66. The monoisotopic (exact) mass is 281 g/mol. The highest BCUT2D eigenvalue weighted by atomic mass is 16.6. The summed E-state index contributed by atoms with van der Waals surface area (Å²) in [6, 6.07) is 0. The molecule has 1 aliphatic carbocycles. The van der Waals surface area contributed by atoms with Crippen LogP contribution in [0.4, 0.5) is 4.79 Å². The number of carbonyl (C=O) groups excluding carboxylic acids is 1.